The molecule has 1 unspecified atom stereocenters. The van der Waals surface area contributed by atoms with Crippen molar-refractivity contribution in [2.24, 2.45) is 0 Å². The summed E-state index contributed by atoms with van der Waals surface area (Å²) in [5.41, 5.74) is 0.0715. The summed E-state index contributed by atoms with van der Waals surface area (Å²) in [5.74, 6) is -0.435. The summed E-state index contributed by atoms with van der Waals surface area (Å²) in [6.07, 6.45) is 0. The first-order chi connectivity index (χ1) is 9.90. The van der Waals surface area contributed by atoms with Crippen molar-refractivity contribution < 1.29 is 14.5 Å². The van der Waals surface area contributed by atoms with E-state index in [1.807, 2.05) is 6.92 Å². The summed E-state index contributed by atoms with van der Waals surface area (Å²) < 4.78 is 5.20. The lowest BCUT2D eigenvalue weighted by Gasteiger charge is -2.14. The maximum Gasteiger partial charge on any atom is 0.294 e. The van der Waals surface area contributed by atoms with E-state index in [1.54, 1.807) is 6.92 Å². The van der Waals surface area contributed by atoms with Crippen molar-refractivity contribution in [2.45, 2.75) is 19.9 Å². The van der Waals surface area contributed by atoms with Gasteiger partial charge in [0.05, 0.1) is 16.6 Å². The Morgan fingerprint density at radius 2 is 2.19 bits per heavy atom. The Morgan fingerprint density at radius 1 is 1.52 bits per heavy atom. The SMILES string of the molecule is CCOCC(C)NC(=O)c1cc(Cl)c(NC)c([N+](=O)[O-])c1. The highest BCUT2D eigenvalue weighted by atomic mass is 35.5. The zero-order chi connectivity index (χ0) is 16.0. The minimum Gasteiger partial charge on any atom is -0.381 e. The van der Waals surface area contributed by atoms with E-state index in [2.05, 4.69) is 10.6 Å². The van der Waals surface area contributed by atoms with Gasteiger partial charge >= 0.3 is 0 Å². The van der Waals surface area contributed by atoms with E-state index in [0.717, 1.165) is 0 Å². The molecule has 8 heteroatoms. The number of carbonyl (C=O) groups excluding carboxylic acids is 1. The minimum absolute atomic E-state index is 0.120. The van der Waals surface area contributed by atoms with Crippen LogP contribution in [0.4, 0.5) is 11.4 Å². The highest BCUT2D eigenvalue weighted by molar-refractivity contribution is 6.34. The Morgan fingerprint density at radius 3 is 2.71 bits per heavy atom. The molecule has 7 nitrogen and oxygen atoms in total. The van der Waals surface area contributed by atoms with Crippen LogP contribution in [0.2, 0.25) is 5.02 Å². The number of anilines is 1. The van der Waals surface area contributed by atoms with Gasteiger partial charge in [-0.1, -0.05) is 11.6 Å². The fourth-order valence-electron chi connectivity index (χ4n) is 1.76. The van der Waals surface area contributed by atoms with Crippen LogP contribution in [-0.4, -0.2) is 37.1 Å². The van der Waals surface area contributed by atoms with Crippen LogP contribution >= 0.6 is 11.6 Å². The summed E-state index contributed by atoms with van der Waals surface area (Å²) in [6, 6.07) is 2.38. The fourth-order valence-corrected chi connectivity index (χ4v) is 2.07. The topological polar surface area (TPSA) is 93.5 Å². The molecule has 1 amide bonds. The van der Waals surface area contributed by atoms with Gasteiger partial charge in [-0.25, -0.2) is 0 Å². The first kappa shape index (κ1) is 17.2. The standard InChI is InChI=1S/C13H18ClN3O4/c1-4-21-7-8(2)16-13(18)9-5-10(14)12(15-3)11(6-9)17(19)20/h5-6,8,15H,4,7H2,1-3H3,(H,16,18). The molecular formula is C13H18ClN3O4. The number of benzene rings is 1. The predicted octanol–water partition coefficient (Wildman–Crippen LogP) is 2.44. The number of hydrogen-bond acceptors (Lipinski definition) is 5. The molecule has 21 heavy (non-hydrogen) atoms. The number of rotatable bonds is 7. The van der Waals surface area contributed by atoms with Crippen molar-refractivity contribution in [3.05, 3.63) is 32.8 Å². The number of nitro groups is 1. The van der Waals surface area contributed by atoms with Crippen molar-refractivity contribution in [3.63, 3.8) is 0 Å². The number of amides is 1. The van der Waals surface area contributed by atoms with Crippen LogP contribution in [0.5, 0.6) is 0 Å². The highest BCUT2D eigenvalue weighted by Gasteiger charge is 2.21. The van der Waals surface area contributed by atoms with Crippen LogP contribution in [0.15, 0.2) is 12.1 Å². The second-order valence-electron chi connectivity index (χ2n) is 4.39. The molecule has 1 aromatic rings. The van der Waals surface area contributed by atoms with E-state index in [0.29, 0.717) is 13.2 Å². The van der Waals surface area contributed by atoms with Gasteiger partial charge in [-0.05, 0) is 19.9 Å². The molecule has 0 bridgehead atoms. The first-order valence-electron chi connectivity index (χ1n) is 6.45. The van der Waals surface area contributed by atoms with Gasteiger partial charge in [-0.15, -0.1) is 0 Å². The second-order valence-corrected chi connectivity index (χ2v) is 4.80. The quantitative estimate of drug-likeness (QED) is 0.595. The zero-order valence-electron chi connectivity index (χ0n) is 12.1. The van der Waals surface area contributed by atoms with Crippen molar-refractivity contribution >= 4 is 28.9 Å². The van der Waals surface area contributed by atoms with E-state index >= 15 is 0 Å². The number of nitrogens with zero attached hydrogens (tertiary/aromatic N) is 1. The number of nitro benzene ring substituents is 1. The van der Waals surface area contributed by atoms with Gasteiger partial charge < -0.3 is 15.4 Å². The lowest BCUT2D eigenvalue weighted by molar-refractivity contribution is -0.383. The molecule has 1 aromatic carbocycles. The monoisotopic (exact) mass is 315 g/mol. The number of ether oxygens (including phenoxy) is 1. The van der Waals surface area contributed by atoms with Crippen LogP contribution in [0, 0.1) is 10.1 Å². The molecule has 0 aliphatic carbocycles. The first-order valence-corrected chi connectivity index (χ1v) is 6.82. The third kappa shape index (κ3) is 4.57. The van der Waals surface area contributed by atoms with Gasteiger partial charge in [0.2, 0.25) is 0 Å². The van der Waals surface area contributed by atoms with E-state index < -0.39 is 10.8 Å². The summed E-state index contributed by atoms with van der Waals surface area (Å²) in [5, 5.41) is 16.5. The number of carbonyl (C=O) groups is 1. The van der Waals surface area contributed by atoms with Gasteiger partial charge in [-0.3, -0.25) is 14.9 Å². The third-order valence-corrected chi connectivity index (χ3v) is 3.03. The number of hydrogen-bond donors (Lipinski definition) is 2. The number of nitrogens with one attached hydrogen (secondary N) is 2. The molecule has 1 atom stereocenters. The van der Waals surface area contributed by atoms with Crippen LogP contribution in [0.25, 0.3) is 0 Å². The number of halogens is 1. The molecule has 0 aliphatic heterocycles. The van der Waals surface area contributed by atoms with Crippen LogP contribution in [-0.2, 0) is 4.74 Å². The average Bonchev–Trinajstić information content (AvgIpc) is 2.43. The molecule has 1 rings (SSSR count). The average molecular weight is 316 g/mol. The Bertz CT molecular complexity index is 536. The Hall–Kier alpha value is -1.86. The molecule has 0 heterocycles. The maximum atomic E-state index is 12.1. The highest BCUT2D eigenvalue weighted by Crippen LogP contribution is 2.33. The molecule has 0 aromatic heterocycles. The lowest BCUT2D eigenvalue weighted by atomic mass is 10.1. The molecule has 0 aliphatic rings. The van der Waals surface area contributed by atoms with Gasteiger partial charge in [-0.2, -0.15) is 0 Å². The van der Waals surface area contributed by atoms with Crippen molar-refractivity contribution in [1.29, 1.82) is 0 Å². The van der Waals surface area contributed by atoms with E-state index in [4.69, 9.17) is 16.3 Å². The lowest BCUT2D eigenvalue weighted by Crippen LogP contribution is -2.35. The van der Waals surface area contributed by atoms with Crippen molar-refractivity contribution in [2.75, 3.05) is 25.6 Å². The molecule has 0 fully saturated rings. The summed E-state index contributed by atoms with van der Waals surface area (Å²) in [7, 11) is 1.53. The van der Waals surface area contributed by atoms with Gasteiger partial charge in [0.1, 0.15) is 5.69 Å². The van der Waals surface area contributed by atoms with Crippen LogP contribution in [0.1, 0.15) is 24.2 Å². The summed E-state index contributed by atoms with van der Waals surface area (Å²) in [4.78, 5) is 22.5. The van der Waals surface area contributed by atoms with Gasteiger partial charge in [0.25, 0.3) is 11.6 Å². The fraction of sp³-hybridized carbons (Fsp3) is 0.462. The third-order valence-electron chi connectivity index (χ3n) is 2.73. The van der Waals surface area contributed by atoms with E-state index in [9.17, 15) is 14.9 Å². The smallest absolute Gasteiger partial charge is 0.294 e. The Kier molecular flexibility index (Phi) is 6.39. The summed E-state index contributed by atoms with van der Waals surface area (Å²) >= 11 is 5.97. The summed E-state index contributed by atoms with van der Waals surface area (Å²) in [6.45, 7) is 4.56. The normalized spacial score (nSPS) is 11.8. The second kappa shape index (κ2) is 7.80. The minimum atomic E-state index is -0.585. The Balaban J connectivity index is 2.98. The zero-order valence-corrected chi connectivity index (χ0v) is 12.9. The van der Waals surface area contributed by atoms with Crippen molar-refractivity contribution in [1.82, 2.24) is 5.32 Å². The molecule has 116 valence electrons. The van der Waals surface area contributed by atoms with Crippen LogP contribution in [0.3, 0.4) is 0 Å². The Labute approximate surface area is 127 Å². The molecule has 0 radical (unpaired) electrons. The molecular weight excluding hydrogens is 298 g/mol. The maximum absolute atomic E-state index is 12.1. The van der Waals surface area contributed by atoms with Gasteiger partial charge in [0.15, 0.2) is 0 Å². The molecule has 0 saturated carbocycles. The van der Waals surface area contributed by atoms with E-state index in [1.165, 1.54) is 19.2 Å². The largest absolute Gasteiger partial charge is 0.381 e. The molecule has 2 N–H and O–H groups in total. The van der Waals surface area contributed by atoms with E-state index in [-0.39, 0.29) is 28.0 Å². The predicted molar refractivity (Wildman–Crippen MR) is 81.1 cm³/mol. The van der Waals surface area contributed by atoms with Crippen molar-refractivity contribution in [3.8, 4) is 0 Å². The molecule has 0 saturated heterocycles. The van der Waals surface area contributed by atoms with Crippen LogP contribution < -0.4 is 10.6 Å². The molecule has 0 spiro atoms. The van der Waals surface area contributed by atoms with Gasteiger partial charge in [0, 0.05) is 31.3 Å².